The molecule has 29 heavy (non-hydrogen) atoms. The molecule has 2 heterocycles. The lowest BCUT2D eigenvalue weighted by Crippen LogP contribution is -2.00. The van der Waals surface area contributed by atoms with Gasteiger partial charge in [0.25, 0.3) is 0 Å². The van der Waals surface area contributed by atoms with E-state index in [0.717, 1.165) is 17.0 Å². The van der Waals surface area contributed by atoms with Crippen molar-refractivity contribution in [2.75, 3.05) is 6.79 Å². The molecule has 0 atom stereocenters. The van der Waals surface area contributed by atoms with Gasteiger partial charge in [-0.3, -0.25) is 0 Å². The van der Waals surface area contributed by atoms with Crippen LogP contribution in [0.1, 0.15) is 11.3 Å². The number of aromatic nitrogens is 3. The highest BCUT2D eigenvalue weighted by Crippen LogP contribution is 2.32. The van der Waals surface area contributed by atoms with E-state index in [4.69, 9.17) is 25.8 Å². The van der Waals surface area contributed by atoms with Gasteiger partial charge < -0.3 is 14.2 Å². The summed E-state index contributed by atoms with van der Waals surface area (Å²) >= 11 is 5.87. The van der Waals surface area contributed by atoms with Gasteiger partial charge in [0.2, 0.25) is 6.79 Å². The van der Waals surface area contributed by atoms with E-state index in [1.807, 2.05) is 36.4 Å². The summed E-state index contributed by atoms with van der Waals surface area (Å²) in [5.41, 5.74) is 2.29. The summed E-state index contributed by atoms with van der Waals surface area (Å²) in [6.07, 6.45) is 8.24. The van der Waals surface area contributed by atoms with Crippen molar-refractivity contribution in [2.45, 2.75) is 6.61 Å². The second kappa shape index (κ2) is 8.62. The zero-order valence-electron chi connectivity index (χ0n) is 15.2. The number of rotatable bonds is 6. The number of halogens is 1. The molecule has 1 aliphatic rings. The number of carbonyl (C=O) groups excluding carboxylic acids is 1. The van der Waals surface area contributed by atoms with E-state index in [1.54, 1.807) is 35.2 Å². The molecule has 8 heteroatoms. The molecule has 146 valence electrons. The van der Waals surface area contributed by atoms with E-state index in [0.29, 0.717) is 16.5 Å². The van der Waals surface area contributed by atoms with Gasteiger partial charge in [0, 0.05) is 11.1 Å². The third-order valence-electron chi connectivity index (χ3n) is 4.02. The molecular weight excluding hydrogens is 394 g/mol. The predicted molar refractivity (Wildman–Crippen MR) is 107 cm³/mol. The number of allylic oxidation sites excluding steroid dienone is 2. The SMILES string of the molecule is O=C(/C=C/C=C/c1ccc2c(c1)OCO2)OCc1cn(-c2ccc(Cl)cc2)nn1. The average molecular weight is 410 g/mol. The molecule has 1 aliphatic heterocycles. The average Bonchev–Trinajstić information content (AvgIpc) is 3.39. The smallest absolute Gasteiger partial charge is 0.331 e. The lowest BCUT2D eigenvalue weighted by Gasteiger charge is -1.99. The molecular formula is C21H16ClN3O4. The minimum atomic E-state index is -0.471. The minimum absolute atomic E-state index is 0.0304. The minimum Gasteiger partial charge on any atom is -0.456 e. The fraction of sp³-hybridized carbons (Fsp3) is 0.0952. The van der Waals surface area contributed by atoms with Crippen molar-refractivity contribution in [3.05, 3.63) is 83.2 Å². The molecule has 0 fully saturated rings. The predicted octanol–water partition coefficient (Wildman–Crippen LogP) is 3.96. The topological polar surface area (TPSA) is 75.5 Å². The number of ether oxygens (including phenoxy) is 3. The molecule has 0 spiro atoms. The van der Waals surface area contributed by atoms with Crippen LogP contribution < -0.4 is 9.47 Å². The Morgan fingerprint density at radius 3 is 2.83 bits per heavy atom. The van der Waals surface area contributed by atoms with Crippen LogP contribution in [0.5, 0.6) is 11.5 Å². The van der Waals surface area contributed by atoms with Crippen molar-refractivity contribution in [1.29, 1.82) is 0 Å². The van der Waals surface area contributed by atoms with Crippen molar-refractivity contribution in [3.63, 3.8) is 0 Å². The van der Waals surface area contributed by atoms with Gasteiger partial charge >= 0.3 is 5.97 Å². The lowest BCUT2D eigenvalue weighted by atomic mass is 10.2. The maximum Gasteiger partial charge on any atom is 0.331 e. The number of nitrogens with zero attached hydrogens (tertiary/aromatic N) is 3. The Kier molecular flexibility index (Phi) is 5.58. The van der Waals surface area contributed by atoms with E-state index >= 15 is 0 Å². The molecule has 0 N–H and O–H groups in total. The Labute approximate surface area is 171 Å². The summed E-state index contributed by atoms with van der Waals surface area (Å²) in [5.74, 6) is 0.970. The van der Waals surface area contributed by atoms with Crippen molar-refractivity contribution < 1.29 is 19.0 Å². The van der Waals surface area contributed by atoms with E-state index < -0.39 is 5.97 Å². The van der Waals surface area contributed by atoms with Gasteiger partial charge in [-0.15, -0.1) is 5.10 Å². The highest BCUT2D eigenvalue weighted by Gasteiger charge is 2.12. The molecule has 2 aromatic carbocycles. The highest BCUT2D eigenvalue weighted by atomic mass is 35.5. The van der Waals surface area contributed by atoms with Gasteiger partial charge in [-0.05, 0) is 42.0 Å². The third-order valence-corrected chi connectivity index (χ3v) is 4.28. The summed E-state index contributed by atoms with van der Waals surface area (Å²) in [6, 6.07) is 12.8. The van der Waals surface area contributed by atoms with Gasteiger partial charge in [0.05, 0.1) is 11.9 Å². The number of fused-ring (bicyclic) bond motifs is 1. The van der Waals surface area contributed by atoms with E-state index in [9.17, 15) is 4.79 Å². The van der Waals surface area contributed by atoms with Gasteiger partial charge in [-0.25, -0.2) is 9.48 Å². The van der Waals surface area contributed by atoms with Gasteiger partial charge in [-0.1, -0.05) is 41.1 Å². The maximum absolute atomic E-state index is 11.8. The first-order valence-electron chi connectivity index (χ1n) is 8.76. The molecule has 0 aliphatic carbocycles. The van der Waals surface area contributed by atoms with Crippen LogP contribution in [-0.4, -0.2) is 27.8 Å². The van der Waals surface area contributed by atoms with E-state index in [-0.39, 0.29) is 13.4 Å². The maximum atomic E-state index is 11.8. The first kappa shape index (κ1) is 18.8. The fourth-order valence-corrected chi connectivity index (χ4v) is 2.72. The van der Waals surface area contributed by atoms with Crippen LogP contribution in [0.3, 0.4) is 0 Å². The quantitative estimate of drug-likeness (QED) is 0.348. The first-order valence-corrected chi connectivity index (χ1v) is 9.13. The monoisotopic (exact) mass is 409 g/mol. The van der Waals surface area contributed by atoms with Gasteiger partial charge in [0.15, 0.2) is 11.5 Å². The normalized spacial score (nSPS) is 12.7. The van der Waals surface area contributed by atoms with E-state index in [2.05, 4.69) is 10.3 Å². The van der Waals surface area contributed by atoms with Crippen LogP contribution in [0.25, 0.3) is 11.8 Å². The number of hydrogen-bond donors (Lipinski definition) is 0. The zero-order chi connectivity index (χ0) is 20.1. The Hall–Kier alpha value is -3.58. The largest absolute Gasteiger partial charge is 0.456 e. The van der Waals surface area contributed by atoms with Gasteiger partial charge in [0.1, 0.15) is 12.3 Å². The lowest BCUT2D eigenvalue weighted by molar-refractivity contribution is -0.139. The molecule has 1 aromatic heterocycles. The summed E-state index contributed by atoms with van der Waals surface area (Å²) in [4.78, 5) is 11.8. The van der Waals surface area contributed by atoms with Crippen LogP contribution in [0.4, 0.5) is 0 Å². The number of benzene rings is 2. The summed E-state index contributed by atoms with van der Waals surface area (Å²) in [5, 5.41) is 8.65. The molecule has 0 bridgehead atoms. The summed E-state index contributed by atoms with van der Waals surface area (Å²) in [6.45, 7) is 0.268. The fourth-order valence-electron chi connectivity index (χ4n) is 2.60. The Bertz CT molecular complexity index is 1070. The second-order valence-electron chi connectivity index (χ2n) is 6.07. The zero-order valence-corrected chi connectivity index (χ0v) is 16.0. The summed E-state index contributed by atoms with van der Waals surface area (Å²) in [7, 11) is 0. The van der Waals surface area contributed by atoms with Crippen LogP contribution in [0, 0.1) is 0 Å². The standard InChI is InChI=1S/C21H16ClN3O4/c22-16-6-8-18(9-7-16)25-12-17(23-24-25)13-27-21(26)4-2-1-3-15-5-10-19-20(11-15)29-14-28-19/h1-12H,13-14H2/b3-1+,4-2+. The van der Waals surface area contributed by atoms with Crippen LogP contribution in [-0.2, 0) is 16.1 Å². The van der Waals surface area contributed by atoms with Gasteiger partial charge in [-0.2, -0.15) is 0 Å². The van der Waals surface area contributed by atoms with Crippen molar-refractivity contribution >= 4 is 23.6 Å². The second-order valence-corrected chi connectivity index (χ2v) is 6.51. The number of hydrogen-bond acceptors (Lipinski definition) is 6. The molecule has 0 saturated heterocycles. The Balaban J connectivity index is 1.27. The van der Waals surface area contributed by atoms with Crippen molar-refractivity contribution in [1.82, 2.24) is 15.0 Å². The molecule has 0 unspecified atom stereocenters. The molecule has 0 radical (unpaired) electrons. The van der Waals surface area contributed by atoms with E-state index in [1.165, 1.54) is 6.08 Å². The van der Waals surface area contributed by atoms with Crippen LogP contribution in [0.15, 0.2) is 66.9 Å². The molecule has 4 rings (SSSR count). The van der Waals surface area contributed by atoms with Crippen LogP contribution in [0.2, 0.25) is 5.02 Å². The third kappa shape index (κ3) is 4.83. The summed E-state index contributed by atoms with van der Waals surface area (Å²) < 4.78 is 17.4. The molecule has 0 saturated carbocycles. The Morgan fingerprint density at radius 2 is 1.97 bits per heavy atom. The van der Waals surface area contributed by atoms with Crippen molar-refractivity contribution in [3.8, 4) is 17.2 Å². The molecule has 0 amide bonds. The van der Waals surface area contributed by atoms with Crippen molar-refractivity contribution in [2.24, 2.45) is 0 Å². The highest BCUT2D eigenvalue weighted by molar-refractivity contribution is 6.30. The number of carbonyl (C=O) groups is 1. The Morgan fingerprint density at radius 1 is 1.14 bits per heavy atom. The molecule has 3 aromatic rings. The number of esters is 1. The molecule has 7 nitrogen and oxygen atoms in total. The van der Waals surface area contributed by atoms with Crippen LogP contribution >= 0.6 is 11.6 Å². The first-order chi connectivity index (χ1) is 14.2.